The van der Waals surface area contributed by atoms with Crippen molar-refractivity contribution >= 4 is 17.9 Å². The molecule has 0 radical (unpaired) electrons. The van der Waals surface area contributed by atoms with Gasteiger partial charge in [0.25, 0.3) is 0 Å². The lowest BCUT2D eigenvalue weighted by molar-refractivity contribution is -0.166. The summed E-state index contributed by atoms with van der Waals surface area (Å²) in [5, 5.41) is 0. The molecule has 0 aromatic rings. The number of ether oxygens (including phenoxy) is 3. The molecule has 1 atom stereocenters. The standard InChI is InChI=1S/C60H100O6/c1-4-7-10-13-16-19-22-25-28-29-30-31-33-35-38-41-44-47-50-53-59(62)65-56-57(55-64-58(61)52-49-46-43-40-37-34-27-24-21-18-15-12-9-6-3)66-60(63)54-51-48-45-42-39-36-32-26-23-20-17-14-11-8-5-2/h7,10,16,19-20,23-25,27-28,30-31,35,38,44,47,57H,4-6,8-9,11-15,17-18,21-22,26,29,32-34,36-37,39-43,45-46,48-56H2,1-3H3/b10-7+,19-16+,23-20+,27-24+,28-25+,31-30+,38-35+,47-44+/t57-/m1/s1. The van der Waals surface area contributed by atoms with Crippen molar-refractivity contribution in [3.63, 3.8) is 0 Å². The predicted molar refractivity (Wildman–Crippen MR) is 284 cm³/mol. The molecule has 0 aliphatic heterocycles. The first kappa shape index (κ1) is 62.3. The number of hydrogen-bond acceptors (Lipinski definition) is 6. The van der Waals surface area contributed by atoms with Crippen LogP contribution in [0.3, 0.4) is 0 Å². The summed E-state index contributed by atoms with van der Waals surface area (Å²) in [6.45, 7) is 6.43. The van der Waals surface area contributed by atoms with E-state index in [0.29, 0.717) is 19.3 Å². The lowest BCUT2D eigenvalue weighted by Crippen LogP contribution is -2.30. The van der Waals surface area contributed by atoms with E-state index < -0.39 is 6.10 Å². The summed E-state index contributed by atoms with van der Waals surface area (Å²) in [4.78, 5) is 38.0. The lowest BCUT2D eigenvalue weighted by atomic mass is 10.1. The molecule has 0 N–H and O–H groups in total. The van der Waals surface area contributed by atoms with Crippen LogP contribution in [0.15, 0.2) is 97.2 Å². The maximum absolute atomic E-state index is 12.8. The minimum atomic E-state index is -0.814. The Balaban J connectivity index is 4.52. The van der Waals surface area contributed by atoms with Crippen LogP contribution in [0.25, 0.3) is 0 Å². The number of carbonyl (C=O) groups excluding carboxylic acids is 3. The molecular weight excluding hydrogens is 817 g/mol. The largest absolute Gasteiger partial charge is 0.462 e. The fourth-order valence-electron chi connectivity index (χ4n) is 7.22. The van der Waals surface area contributed by atoms with Crippen molar-refractivity contribution < 1.29 is 28.6 Å². The van der Waals surface area contributed by atoms with Gasteiger partial charge in [0.05, 0.1) is 0 Å². The number of hydrogen-bond donors (Lipinski definition) is 0. The molecule has 0 rings (SSSR count). The van der Waals surface area contributed by atoms with Gasteiger partial charge in [0.15, 0.2) is 6.10 Å². The van der Waals surface area contributed by atoms with E-state index in [4.69, 9.17) is 14.2 Å². The smallest absolute Gasteiger partial charge is 0.306 e. The van der Waals surface area contributed by atoms with Crippen LogP contribution in [0.2, 0.25) is 0 Å². The van der Waals surface area contributed by atoms with Gasteiger partial charge in [-0.3, -0.25) is 14.4 Å². The highest BCUT2D eigenvalue weighted by Gasteiger charge is 2.19. The molecular formula is C60H100O6. The Morgan fingerprint density at radius 1 is 0.318 bits per heavy atom. The molecule has 0 spiro atoms. The van der Waals surface area contributed by atoms with Crippen molar-refractivity contribution in [2.24, 2.45) is 0 Å². The van der Waals surface area contributed by atoms with Crippen molar-refractivity contribution in [3.8, 4) is 0 Å². The Hall–Kier alpha value is -3.67. The van der Waals surface area contributed by atoms with Crippen molar-refractivity contribution in [3.05, 3.63) is 97.2 Å². The zero-order valence-electron chi connectivity index (χ0n) is 42.9. The molecule has 0 aliphatic carbocycles. The highest BCUT2D eigenvalue weighted by atomic mass is 16.6. The van der Waals surface area contributed by atoms with Crippen LogP contribution in [0.1, 0.15) is 245 Å². The summed E-state index contributed by atoms with van der Waals surface area (Å²) in [6, 6.07) is 0. The quantitative estimate of drug-likeness (QED) is 0.0262. The average molecular weight is 917 g/mol. The molecule has 0 aliphatic rings. The van der Waals surface area contributed by atoms with Crippen LogP contribution in [0.4, 0.5) is 0 Å². The fourth-order valence-corrected chi connectivity index (χ4v) is 7.22. The third-order valence-electron chi connectivity index (χ3n) is 11.3. The van der Waals surface area contributed by atoms with E-state index in [1.54, 1.807) is 0 Å². The summed E-state index contributed by atoms with van der Waals surface area (Å²) in [7, 11) is 0. The van der Waals surface area contributed by atoms with E-state index in [1.165, 1.54) is 109 Å². The van der Waals surface area contributed by atoms with E-state index in [0.717, 1.165) is 89.9 Å². The molecule has 376 valence electrons. The fraction of sp³-hybridized carbons (Fsp3) is 0.683. The van der Waals surface area contributed by atoms with Gasteiger partial charge in [-0.1, -0.05) is 214 Å². The van der Waals surface area contributed by atoms with Crippen LogP contribution >= 0.6 is 0 Å². The molecule has 0 amide bonds. The molecule has 6 nitrogen and oxygen atoms in total. The minimum Gasteiger partial charge on any atom is -0.462 e. The maximum atomic E-state index is 12.8. The van der Waals surface area contributed by atoms with E-state index in [2.05, 4.69) is 112 Å². The van der Waals surface area contributed by atoms with Gasteiger partial charge in [0.1, 0.15) is 13.2 Å². The summed E-state index contributed by atoms with van der Waals surface area (Å²) in [5.41, 5.74) is 0. The van der Waals surface area contributed by atoms with Crippen molar-refractivity contribution in [1.82, 2.24) is 0 Å². The second kappa shape index (κ2) is 53.9. The third kappa shape index (κ3) is 51.3. The molecule has 0 fully saturated rings. The van der Waals surface area contributed by atoms with E-state index in [9.17, 15) is 14.4 Å². The molecule has 6 heteroatoms. The first-order chi connectivity index (χ1) is 32.5. The Bertz CT molecular complexity index is 1330. The number of carbonyl (C=O) groups is 3. The van der Waals surface area contributed by atoms with Gasteiger partial charge in [-0.25, -0.2) is 0 Å². The number of allylic oxidation sites excluding steroid dienone is 16. The summed E-state index contributed by atoms with van der Waals surface area (Å²) >= 11 is 0. The van der Waals surface area contributed by atoms with Crippen LogP contribution in [-0.4, -0.2) is 37.2 Å². The summed E-state index contributed by atoms with van der Waals surface area (Å²) < 4.78 is 16.7. The molecule has 0 saturated heterocycles. The van der Waals surface area contributed by atoms with Gasteiger partial charge < -0.3 is 14.2 Å². The van der Waals surface area contributed by atoms with E-state index in [-0.39, 0.29) is 37.5 Å². The Kier molecular flexibility index (Phi) is 50.9. The number of esters is 3. The van der Waals surface area contributed by atoms with Crippen LogP contribution in [0, 0.1) is 0 Å². The van der Waals surface area contributed by atoms with Gasteiger partial charge in [0, 0.05) is 19.3 Å². The third-order valence-corrected chi connectivity index (χ3v) is 11.3. The van der Waals surface area contributed by atoms with Gasteiger partial charge in [0.2, 0.25) is 0 Å². The minimum absolute atomic E-state index is 0.107. The summed E-state index contributed by atoms with van der Waals surface area (Å²) in [5.74, 6) is -1.01. The lowest BCUT2D eigenvalue weighted by Gasteiger charge is -2.18. The molecule has 0 aromatic heterocycles. The highest BCUT2D eigenvalue weighted by molar-refractivity contribution is 5.71. The van der Waals surface area contributed by atoms with Crippen LogP contribution in [-0.2, 0) is 28.6 Å². The predicted octanol–water partition coefficient (Wildman–Crippen LogP) is 18.1. The zero-order chi connectivity index (χ0) is 47.9. The average Bonchev–Trinajstić information content (AvgIpc) is 3.31. The summed E-state index contributed by atoms with van der Waals surface area (Å²) in [6.07, 6.45) is 71.1. The van der Waals surface area contributed by atoms with Crippen molar-refractivity contribution in [2.45, 2.75) is 252 Å². The monoisotopic (exact) mass is 917 g/mol. The second-order valence-electron chi connectivity index (χ2n) is 17.7. The molecule has 0 aromatic carbocycles. The molecule has 0 bridgehead atoms. The maximum Gasteiger partial charge on any atom is 0.306 e. The van der Waals surface area contributed by atoms with E-state index >= 15 is 0 Å². The SMILES string of the molecule is CC/C=C/C/C=C/C/C=C/C/C=C/C/C=C/C/C=C/CCC(=O)OC[C@@H](COC(=O)CCCCCCC/C=C/CCCCCCC)OC(=O)CCCCCCCCC/C=C/CCCCCC. The molecule has 0 heterocycles. The van der Waals surface area contributed by atoms with Crippen molar-refractivity contribution in [2.75, 3.05) is 13.2 Å². The van der Waals surface area contributed by atoms with Gasteiger partial charge in [-0.05, 0) is 109 Å². The van der Waals surface area contributed by atoms with Gasteiger partial charge >= 0.3 is 17.9 Å². The van der Waals surface area contributed by atoms with Gasteiger partial charge in [-0.15, -0.1) is 0 Å². The first-order valence-corrected chi connectivity index (χ1v) is 27.2. The number of unbranched alkanes of at least 4 members (excludes halogenated alkanes) is 21. The van der Waals surface area contributed by atoms with Crippen molar-refractivity contribution in [1.29, 1.82) is 0 Å². The zero-order valence-corrected chi connectivity index (χ0v) is 42.9. The Morgan fingerprint density at radius 2 is 0.621 bits per heavy atom. The second-order valence-corrected chi connectivity index (χ2v) is 17.7. The normalized spacial score (nSPS) is 12.8. The Morgan fingerprint density at radius 3 is 1.03 bits per heavy atom. The molecule has 0 unspecified atom stereocenters. The van der Waals surface area contributed by atoms with Crippen LogP contribution < -0.4 is 0 Å². The molecule has 0 saturated carbocycles. The number of rotatable bonds is 48. The topological polar surface area (TPSA) is 78.9 Å². The molecule has 66 heavy (non-hydrogen) atoms. The van der Waals surface area contributed by atoms with E-state index in [1.807, 2.05) is 6.08 Å². The van der Waals surface area contributed by atoms with Crippen LogP contribution in [0.5, 0.6) is 0 Å². The highest BCUT2D eigenvalue weighted by Crippen LogP contribution is 2.14. The Labute approximate surface area is 407 Å². The first-order valence-electron chi connectivity index (χ1n) is 27.2. The van der Waals surface area contributed by atoms with Gasteiger partial charge in [-0.2, -0.15) is 0 Å².